The second-order valence-corrected chi connectivity index (χ2v) is 7.98. The summed E-state index contributed by atoms with van der Waals surface area (Å²) in [6, 6.07) is 8.39. The number of carbonyl (C=O) groups excluding carboxylic acids is 1. The Morgan fingerprint density at radius 1 is 1.33 bits per heavy atom. The molecule has 1 atom stereocenters. The van der Waals surface area contributed by atoms with Crippen LogP contribution in [0.25, 0.3) is 0 Å². The van der Waals surface area contributed by atoms with Gasteiger partial charge in [-0.2, -0.15) is 5.26 Å². The molecule has 1 fully saturated rings. The first-order chi connectivity index (χ1) is 11.4. The van der Waals surface area contributed by atoms with Crippen molar-refractivity contribution in [2.45, 2.75) is 38.6 Å². The molecule has 0 radical (unpaired) electrons. The number of nitriles is 1. The van der Waals surface area contributed by atoms with Gasteiger partial charge in [0.15, 0.2) is 0 Å². The van der Waals surface area contributed by atoms with Crippen molar-refractivity contribution >= 4 is 21.6 Å². The molecule has 1 saturated heterocycles. The lowest BCUT2D eigenvalue weighted by molar-refractivity contribution is -0.133. The van der Waals surface area contributed by atoms with Gasteiger partial charge in [0.05, 0.1) is 23.6 Å². The molecular formula is C17H23N3O3S. The summed E-state index contributed by atoms with van der Waals surface area (Å²) in [6.45, 7) is 2.52. The van der Waals surface area contributed by atoms with E-state index in [1.165, 1.54) is 0 Å². The highest BCUT2D eigenvalue weighted by Gasteiger charge is 2.29. The second kappa shape index (κ2) is 7.67. The second-order valence-electron chi connectivity index (χ2n) is 6.07. The third-order valence-corrected chi connectivity index (χ3v) is 5.52. The number of rotatable bonds is 5. The van der Waals surface area contributed by atoms with Gasteiger partial charge in [-0.3, -0.25) is 9.10 Å². The molecule has 1 aliphatic rings. The topological polar surface area (TPSA) is 81.5 Å². The number of piperidine rings is 1. The van der Waals surface area contributed by atoms with Crippen LogP contribution in [0.2, 0.25) is 0 Å². The van der Waals surface area contributed by atoms with Crippen LogP contribution in [0, 0.1) is 11.3 Å². The molecule has 1 heterocycles. The van der Waals surface area contributed by atoms with E-state index in [0.717, 1.165) is 36.2 Å². The first-order valence-corrected chi connectivity index (χ1v) is 9.99. The fraction of sp³-hybridized carbons (Fsp3) is 0.529. The summed E-state index contributed by atoms with van der Waals surface area (Å²) >= 11 is 0. The van der Waals surface area contributed by atoms with Crippen molar-refractivity contribution in [1.29, 1.82) is 5.26 Å². The summed E-state index contributed by atoms with van der Waals surface area (Å²) in [7, 11) is -3.59. The maximum atomic E-state index is 12.7. The van der Waals surface area contributed by atoms with Gasteiger partial charge in [-0.15, -0.1) is 0 Å². The van der Waals surface area contributed by atoms with E-state index in [4.69, 9.17) is 5.26 Å². The summed E-state index contributed by atoms with van der Waals surface area (Å²) in [6.07, 6.45) is 5.00. The van der Waals surface area contributed by atoms with E-state index >= 15 is 0 Å². The minimum Gasteiger partial charge on any atom is -0.338 e. The predicted octanol–water partition coefficient (Wildman–Crippen LogP) is 2.12. The SMILES string of the molecule is CCC1CCCCN1C(=O)CN(c1ccc(C#N)cc1)S(C)(=O)=O. The Balaban J connectivity index is 2.22. The highest BCUT2D eigenvalue weighted by molar-refractivity contribution is 7.92. The first-order valence-electron chi connectivity index (χ1n) is 8.14. The molecule has 0 aromatic heterocycles. The third kappa shape index (κ3) is 4.26. The number of hydrogen-bond acceptors (Lipinski definition) is 4. The average Bonchev–Trinajstić information content (AvgIpc) is 2.58. The van der Waals surface area contributed by atoms with Crippen LogP contribution in [0.5, 0.6) is 0 Å². The number of amides is 1. The number of hydrogen-bond donors (Lipinski definition) is 0. The van der Waals surface area contributed by atoms with Crippen LogP contribution in [0.15, 0.2) is 24.3 Å². The average molecular weight is 349 g/mol. The lowest BCUT2D eigenvalue weighted by Gasteiger charge is -2.36. The van der Waals surface area contributed by atoms with Crippen molar-refractivity contribution in [3.8, 4) is 6.07 Å². The molecule has 130 valence electrons. The Hall–Kier alpha value is -2.07. The molecule has 1 aromatic rings. The van der Waals surface area contributed by atoms with Crippen molar-refractivity contribution < 1.29 is 13.2 Å². The Morgan fingerprint density at radius 2 is 2.00 bits per heavy atom. The van der Waals surface area contributed by atoms with Gasteiger partial charge in [0.25, 0.3) is 0 Å². The minimum atomic E-state index is -3.59. The van der Waals surface area contributed by atoms with Crippen LogP contribution in [-0.4, -0.2) is 44.6 Å². The van der Waals surface area contributed by atoms with E-state index < -0.39 is 10.0 Å². The van der Waals surface area contributed by atoms with Crippen LogP contribution in [0.1, 0.15) is 38.2 Å². The van der Waals surface area contributed by atoms with Crippen molar-refractivity contribution in [1.82, 2.24) is 4.90 Å². The molecule has 2 rings (SSSR count). The molecule has 1 aliphatic heterocycles. The molecule has 1 amide bonds. The van der Waals surface area contributed by atoms with Crippen molar-refractivity contribution in [2.24, 2.45) is 0 Å². The third-order valence-electron chi connectivity index (χ3n) is 4.38. The van der Waals surface area contributed by atoms with Gasteiger partial charge >= 0.3 is 0 Å². The standard InChI is InChI=1S/C17H23N3O3S/c1-3-15-6-4-5-11-19(15)17(21)13-20(24(2,22)23)16-9-7-14(12-18)8-10-16/h7-10,15H,3-6,11,13H2,1-2H3. The van der Waals surface area contributed by atoms with Gasteiger partial charge < -0.3 is 4.90 Å². The zero-order chi connectivity index (χ0) is 17.7. The molecular weight excluding hydrogens is 326 g/mol. The summed E-state index contributed by atoms with van der Waals surface area (Å²) in [5, 5.41) is 8.86. The zero-order valence-electron chi connectivity index (χ0n) is 14.1. The number of carbonyl (C=O) groups is 1. The molecule has 0 bridgehead atoms. The fourth-order valence-electron chi connectivity index (χ4n) is 3.07. The van der Waals surface area contributed by atoms with Gasteiger partial charge in [0.2, 0.25) is 15.9 Å². The largest absolute Gasteiger partial charge is 0.338 e. The molecule has 0 spiro atoms. The Morgan fingerprint density at radius 3 is 2.54 bits per heavy atom. The van der Waals surface area contributed by atoms with E-state index in [0.29, 0.717) is 17.8 Å². The molecule has 6 nitrogen and oxygen atoms in total. The van der Waals surface area contributed by atoms with Crippen molar-refractivity contribution in [3.05, 3.63) is 29.8 Å². The van der Waals surface area contributed by atoms with E-state index in [1.807, 2.05) is 17.9 Å². The first kappa shape index (κ1) is 18.3. The number of sulfonamides is 1. The van der Waals surface area contributed by atoms with E-state index in [-0.39, 0.29) is 18.5 Å². The zero-order valence-corrected chi connectivity index (χ0v) is 14.9. The monoisotopic (exact) mass is 349 g/mol. The molecule has 1 aromatic carbocycles. The van der Waals surface area contributed by atoms with Crippen LogP contribution in [0.3, 0.4) is 0 Å². The van der Waals surface area contributed by atoms with E-state index in [2.05, 4.69) is 0 Å². The lowest BCUT2D eigenvalue weighted by atomic mass is 10.00. The molecule has 0 saturated carbocycles. The molecule has 1 unspecified atom stereocenters. The predicted molar refractivity (Wildman–Crippen MR) is 93.0 cm³/mol. The number of anilines is 1. The van der Waals surface area contributed by atoms with Gasteiger partial charge in [-0.1, -0.05) is 6.92 Å². The highest BCUT2D eigenvalue weighted by atomic mass is 32.2. The van der Waals surface area contributed by atoms with E-state index in [1.54, 1.807) is 24.3 Å². The maximum Gasteiger partial charge on any atom is 0.243 e. The Bertz CT molecular complexity index is 722. The Labute approximate surface area is 143 Å². The molecule has 0 aliphatic carbocycles. The number of benzene rings is 1. The smallest absolute Gasteiger partial charge is 0.243 e. The molecule has 7 heteroatoms. The minimum absolute atomic E-state index is 0.170. The maximum absolute atomic E-state index is 12.7. The van der Waals surface area contributed by atoms with Crippen molar-refractivity contribution in [3.63, 3.8) is 0 Å². The van der Waals surface area contributed by atoms with Gasteiger partial charge in [0.1, 0.15) is 6.54 Å². The summed E-state index contributed by atoms with van der Waals surface area (Å²) < 4.78 is 25.4. The Kier molecular flexibility index (Phi) is 5.84. The van der Waals surface area contributed by atoms with Crippen molar-refractivity contribution in [2.75, 3.05) is 23.7 Å². The van der Waals surface area contributed by atoms with Gasteiger partial charge in [0, 0.05) is 12.6 Å². The molecule has 0 N–H and O–H groups in total. The van der Waals surface area contributed by atoms with Crippen LogP contribution >= 0.6 is 0 Å². The highest BCUT2D eigenvalue weighted by Crippen LogP contribution is 2.22. The molecule has 24 heavy (non-hydrogen) atoms. The quantitative estimate of drug-likeness (QED) is 0.815. The summed E-state index contributed by atoms with van der Waals surface area (Å²) in [5.74, 6) is -0.170. The lowest BCUT2D eigenvalue weighted by Crippen LogP contribution is -2.48. The van der Waals surface area contributed by atoms with Crippen LogP contribution in [-0.2, 0) is 14.8 Å². The van der Waals surface area contributed by atoms with Crippen LogP contribution < -0.4 is 4.31 Å². The summed E-state index contributed by atoms with van der Waals surface area (Å²) in [5.41, 5.74) is 0.843. The summed E-state index contributed by atoms with van der Waals surface area (Å²) in [4.78, 5) is 14.5. The van der Waals surface area contributed by atoms with Crippen LogP contribution in [0.4, 0.5) is 5.69 Å². The van der Waals surface area contributed by atoms with Gasteiger partial charge in [-0.25, -0.2) is 8.42 Å². The number of likely N-dealkylation sites (tertiary alicyclic amines) is 1. The fourth-order valence-corrected chi connectivity index (χ4v) is 3.92. The normalized spacial score (nSPS) is 18.0. The van der Waals surface area contributed by atoms with Gasteiger partial charge in [-0.05, 0) is 49.9 Å². The number of nitrogens with zero attached hydrogens (tertiary/aromatic N) is 3. The van der Waals surface area contributed by atoms with E-state index in [9.17, 15) is 13.2 Å².